The molecular formula is C23H20O3S. The number of hydrogen-bond acceptors (Lipinski definition) is 3. The van der Waals surface area contributed by atoms with Crippen molar-refractivity contribution in [2.75, 3.05) is 5.75 Å². The second kappa shape index (κ2) is 9.19. The van der Waals surface area contributed by atoms with Gasteiger partial charge in [-0.25, -0.2) is 0 Å². The molecule has 0 heterocycles. The van der Waals surface area contributed by atoms with Crippen LogP contribution in [0.25, 0.3) is 0 Å². The fourth-order valence-corrected chi connectivity index (χ4v) is 3.75. The van der Waals surface area contributed by atoms with Crippen LogP contribution < -0.4 is 0 Å². The van der Waals surface area contributed by atoms with E-state index in [0.29, 0.717) is 23.3 Å². The Labute approximate surface area is 163 Å². The molecule has 0 bridgehead atoms. The number of hydrogen-bond donors (Lipinski definition) is 1. The van der Waals surface area contributed by atoms with E-state index in [0.717, 1.165) is 10.5 Å². The van der Waals surface area contributed by atoms with E-state index in [1.807, 2.05) is 60.7 Å². The highest BCUT2D eigenvalue weighted by atomic mass is 32.2. The van der Waals surface area contributed by atoms with E-state index in [-0.39, 0.29) is 5.78 Å². The molecule has 0 aromatic heterocycles. The van der Waals surface area contributed by atoms with Gasteiger partial charge in [0.05, 0.1) is 5.92 Å². The smallest absolute Gasteiger partial charge is 0.307 e. The quantitative estimate of drug-likeness (QED) is 0.446. The number of benzene rings is 3. The summed E-state index contributed by atoms with van der Waals surface area (Å²) in [7, 11) is 0. The maximum absolute atomic E-state index is 12.4. The zero-order chi connectivity index (χ0) is 19.1. The van der Waals surface area contributed by atoms with Crippen molar-refractivity contribution in [1.82, 2.24) is 0 Å². The third-order valence-corrected chi connectivity index (χ3v) is 5.45. The first kappa shape index (κ1) is 18.9. The van der Waals surface area contributed by atoms with Gasteiger partial charge in [-0.05, 0) is 36.2 Å². The molecule has 0 aliphatic carbocycles. The van der Waals surface area contributed by atoms with Crippen molar-refractivity contribution < 1.29 is 14.7 Å². The number of aliphatic carboxylic acids is 1. The van der Waals surface area contributed by atoms with Gasteiger partial charge < -0.3 is 5.11 Å². The molecule has 0 fully saturated rings. The molecule has 1 unspecified atom stereocenters. The minimum absolute atomic E-state index is 0.0142. The first-order valence-corrected chi connectivity index (χ1v) is 9.71. The Morgan fingerprint density at radius 2 is 1.33 bits per heavy atom. The Hall–Kier alpha value is -2.85. The molecule has 3 aromatic carbocycles. The molecule has 0 saturated heterocycles. The van der Waals surface area contributed by atoms with Gasteiger partial charge in [-0.3, -0.25) is 9.59 Å². The molecule has 3 nitrogen and oxygen atoms in total. The first-order chi connectivity index (χ1) is 13.1. The summed E-state index contributed by atoms with van der Waals surface area (Å²) < 4.78 is 0. The van der Waals surface area contributed by atoms with Crippen LogP contribution in [0.1, 0.15) is 21.5 Å². The Bertz CT molecular complexity index is 890. The second-order valence-corrected chi connectivity index (χ2v) is 7.35. The van der Waals surface area contributed by atoms with Crippen LogP contribution in [0.4, 0.5) is 0 Å². The lowest BCUT2D eigenvalue weighted by Crippen LogP contribution is -2.19. The van der Waals surface area contributed by atoms with Crippen molar-refractivity contribution >= 4 is 23.5 Å². The minimum Gasteiger partial charge on any atom is -0.481 e. The largest absolute Gasteiger partial charge is 0.481 e. The summed E-state index contributed by atoms with van der Waals surface area (Å²) in [6, 6.07) is 26.2. The van der Waals surface area contributed by atoms with Crippen LogP contribution in [0.2, 0.25) is 0 Å². The molecule has 4 heteroatoms. The highest BCUT2D eigenvalue weighted by Gasteiger charge is 2.18. The highest BCUT2D eigenvalue weighted by Crippen LogP contribution is 2.24. The van der Waals surface area contributed by atoms with Crippen molar-refractivity contribution in [2.24, 2.45) is 5.92 Å². The van der Waals surface area contributed by atoms with Crippen LogP contribution in [0.5, 0.6) is 0 Å². The van der Waals surface area contributed by atoms with Gasteiger partial charge in [0.15, 0.2) is 5.78 Å². The number of carboxylic acid groups (broad SMARTS) is 1. The number of carbonyl (C=O) groups is 2. The average molecular weight is 376 g/mol. The third kappa shape index (κ3) is 5.31. The molecule has 3 rings (SSSR count). The molecule has 3 aromatic rings. The fraction of sp³-hybridized carbons (Fsp3) is 0.130. The summed E-state index contributed by atoms with van der Waals surface area (Å²) in [5.41, 5.74) is 2.31. The predicted molar refractivity (Wildman–Crippen MR) is 108 cm³/mol. The highest BCUT2D eigenvalue weighted by molar-refractivity contribution is 7.99. The minimum atomic E-state index is -0.790. The molecule has 1 atom stereocenters. The number of carboxylic acids is 1. The molecule has 136 valence electrons. The van der Waals surface area contributed by atoms with Gasteiger partial charge in [0.1, 0.15) is 0 Å². The Morgan fingerprint density at radius 3 is 1.93 bits per heavy atom. The summed E-state index contributed by atoms with van der Waals surface area (Å²) in [5.74, 6) is -0.777. The van der Waals surface area contributed by atoms with Crippen LogP contribution in [-0.2, 0) is 11.2 Å². The molecular weight excluding hydrogens is 356 g/mol. The number of carbonyl (C=O) groups excluding carboxylic acids is 1. The zero-order valence-electron chi connectivity index (χ0n) is 14.7. The lowest BCUT2D eigenvalue weighted by Gasteiger charge is -2.12. The lowest BCUT2D eigenvalue weighted by atomic mass is 10.0. The van der Waals surface area contributed by atoms with Gasteiger partial charge in [0, 0.05) is 21.8 Å². The van der Waals surface area contributed by atoms with Crippen LogP contribution in [0.15, 0.2) is 89.8 Å². The zero-order valence-corrected chi connectivity index (χ0v) is 15.6. The third-order valence-electron chi connectivity index (χ3n) is 4.28. The second-order valence-electron chi connectivity index (χ2n) is 6.26. The first-order valence-electron chi connectivity index (χ1n) is 8.73. The van der Waals surface area contributed by atoms with Gasteiger partial charge in [0.25, 0.3) is 0 Å². The van der Waals surface area contributed by atoms with E-state index in [1.165, 1.54) is 11.8 Å². The number of ketones is 1. The SMILES string of the molecule is O=C(c1ccccc1)c1ccc(SCC(Cc2ccccc2)C(=O)O)cc1. The van der Waals surface area contributed by atoms with E-state index in [2.05, 4.69) is 0 Å². The summed E-state index contributed by atoms with van der Waals surface area (Å²) in [6.45, 7) is 0. The van der Waals surface area contributed by atoms with E-state index in [1.54, 1.807) is 24.3 Å². The van der Waals surface area contributed by atoms with E-state index < -0.39 is 11.9 Å². The summed E-state index contributed by atoms with van der Waals surface area (Å²) in [4.78, 5) is 25.0. The van der Waals surface area contributed by atoms with Crippen LogP contribution in [-0.4, -0.2) is 22.6 Å². The van der Waals surface area contributed by atoms with E-state index >= 15 is 0 Å². The van der Waals surface area contributed by atoms with Crippen LogP contribution in [0.3, 0.4) is 0 Å². The summed E-state index contributed by atoms with van der Waals surface area (Å²) in [5, 5.41) is 9.50. The normalized spacial score (nSPS) is 11.7. The Kier molecular flexibility index (Phi) is 6.44. The molecule has 0 aliphatic rings. The van der Waals surface area contributed by atoms with Gasteiger partial charge in [-0.15, -0.1) is 11.8 Å². The number of rotatable bonds is 8. The standard InChI is InChI=1S/C23H20O3S/c24-22(18-9-5-2-6-10-18)19-11-13-21(14-12-19)27-16-20(23(25)26)15-17-7-3-1-4-8-17/h1-14,20H,15-16H2,(H,25,26). The van der Waals surface area contributed by atoms with Crippen molar-refractivity contribution in [3.63, 3.8) is 0 Å². The maximum atomic E-state index is 12.4. The summed E-state index contributed by atoms with van der Waals surface area (Å²) >= 11 is 1.50. The van der Waals surface area contributed by atoms with Crippen molar-refractivity contribution in [1.29, 1.82) is 0 Å². The Balaban J connectivity index is 1.62. The maximum Gasteiger partial charge on any atom is 0.307 e. The lowest BCUT2D eigenvalue weighted by molar-refractivity contribution is -0.140. The molecule has 0 radical (unpaired) electrons. The fourth-order valence-electron chi connectivity index (χ4n) is 2.77. The van der Waals surface area contributed by atoms with Gasteiger partial charge in [-0.1, -0.05) is 60.7 Å². The topological polar surface area (TPSA) is 54.4 Å². The monoisotopic (exact) mass is 376 g/mol. The number of thioether (sulfide) groups is 1. The van der Waals surface area contributed by atoms with Gasteiger partial charge in [0.2, 0.25) is 0 Å². The molecule has 0 spiro atoms. The molecule has 0 saturated carbocycles. The Morgan fingerprint density at radius 1 is 0.778 bits per heavy atom. The molecule has 27 heavy (non-hydrogen) atoms. The van der Waals surface area contributed by atoms with Crippen LogP contribution in [0, 0.1) is 5.92 Å². The molecule has 0 amide bonds. The summed E-state index contributed by atoms with van der Waals surface area (Å²) in [6.07, 6.45) is 0.508. The molecule has 0 aliphatic heterocycles. The van der Waals surface area contributed by atoms with E-state index in [4.69, 9.17) is 0 Å². The van der Waals surface area contributed by atoms with E-state index in [9.17, 15) is 14.7 Å². The average Bonchev–Trinajstić information content (AvgIpc) is 2.72. The predicted octanol–water partition coefficient (Wildman–Crippen LogP) is 4.95. The van der Waals surface area contributed by atoms with Crippen molar-refractivity contribution in [3.05, 3.63) is 102 Å². The van der Waals surface area contributed by atoms with Crippen molar-refractivity contribution in [2.45, 2.75) is 11.3 Å². The van der Waals surface area contributed by atoms with Crippen LogP contribution >= 0.6 is 11.8 Å². The van der Waals surface area contributed by atoms with Gasteiger partial charge >= 0.3 is 5.97 Å². The van der Waals surface area contributed by atoms with Crippen molar-refractivity contribution in [3.8, 4) is 0 Å². The molecule has 1 N–H and O–H groups in total. The van der Waals surface area contributed by atoms with Gasteiger partial charge in [-0.2, -0.15) is 0 Å².